The number of fused-ring (bicyclic) bond motifs is 4. The monoisotopic (exact) mass is 1050 g/mol. The summed E-state index contributed by atoms with van der Waals surface area (Å²) in [5.74, 6) is 5.41. The van der Waals surface area contributed by atoms with Crippen molar-refractivity contribution in [2.24, 2.45) is 4.99 Å². The van der Waals surface area contributed by atoms with Crippen LogP contribution in [0.2, 0.25) is 0 Å². The van der Waals surface area contributed by atoms with E-state index in [0.29, 0.717) is 52.0 Å². The molecule has 28 heteroatoms. The van der Waals surface area contributed by atoms with E-state index in [9.17, 15) is 46.0 Å². The van der Waals surface area contributed by atoms with Crippen LogP contribution in [0.25, 0.3) is 11.1 Å². The van der Waals surface area contributed by atoms with Crippen LogP contribution < -0.4 is 41.7 Å². The molecule has 1 amide bonds. The average molecular weight is 1050 g/mol. The maximum atomic E-state index is 13.1. The van der Waals surface area contributed by atoms with Gasteiger partial charge in [-0.3, -0.25) is 18.4 Å². The first-order valence-corrected chi connectivity index (χ1v) is 27.8. The predicted molar refractivity (Wildman–Crippen MR) is 254 cm³/mol. The standard InChI is InChI=1S/C42H52N7O17P3S/c1-7-48-33-18-35-31(16-29(33)25(2)20-41(48,3)4)45-32-17-30-27(24-70(59,60)61)21-42(5,6)49(34(30)19-36(32)64-35)15-9-11-37(50)44-14-8-10-26-22-47(40(51)46-39(26)43)38-13-12-28(63-38)23-62-68(55,56)66-69(57,58)65-67(52,53)54/h16-22,28,38H,7,9,11-15,23-24H2,1-6H3,(H7-,43,44,46,50,51,52,53,54,55,56,57,58,59,60,61)/p+1/t28-,38+/m0/s1. The minimum Gasteiger partial charge on any atom is -0.452 e. The van der Waals surface area contributed by atoms with Crippen molar-refractivity contribution in [1.82, 2.24) is 19.4 Å². The number of aromatic nitrogens is 2. The Morgan fingerprint density at radius 3 is 2.44 bits per heavy atom. The van der Waals surface area contributed by atoms with Gasteiger partial charge in [0, 0.05) is 56.7 Å². The highest BCUT2D eigenvalue weighted by Crippen LogP contribution is 2.66. The Morgan fingerprint density at radius 2 is 1.76 bits per heavy atom. The van der Waals surface area contributed by atoms with E-state index in [1.165, 1.54) is 6.20 Å². The summed E-state index contributed by atoms with van der Waals surface area (Å²) in [6, 6.07) is 7.58. The Morgan fingerprint density at radius 1 is 1.03 bits per heavy atom. The number of anilines is 2. The number of nitrogens with one attached hydrogen (secondary N) is 1. The van der Waals surface area contributed by atoms with Crippen LogP contribution >= 0.6 is 23.5 Å². The van der Waals surface area contributed by atoms with Crippen molar-refractivity contribution in [3.05, 3.63) is 80.5 Å². The summed E-state index contributed by atoms with van der Waals surface area (Å²) in [4.78, 5) is 73.4. The van der Waals surface area contributed by atoms with Crippen LogP contribution in [-0.4, -0.2) is 97.2 Å². The molecular formula is C42H53N7O17P3S+. The largest absolute Gasteiger partial charge is 0.490 e. The number of nitrogen functional groups attached to an aromatic ring is 1. The average Bonchev–Trinajstić information content (AvgIpc) is 3.68. The first-order chi connectivity index (χ1) is 32.4. The van der Waals surface area contributed by atoms with E-state index in [0.717, 1.165) is 27.9 Å². The predicted octanol–water partition coefficient (Wildman–Crippen LogP) is 3.43. The highest BCUT2D eigenvalue weighted by molar-refractivity contribution is 7.86. The van der Waals surface area contributed by atoms with Gasteiger partial charge in [0.15, 0.2) is 17.0 Å². The Hall–Kier alpha value is -4.89. The van der Waals surface area contributed by atoms with Gasteiger partial charge in [-0.25, -0.2) is 28.1 Å². The van der Waals surface area contributed by atoms with Crippen LogP contribution in [0.15, 0.2) is 52.4 Å². The highest BCUT2D eigenvalue weighted by Gasteiger charge is 2.42. The lowest BCUT2D eigenvalue weighted by molar-refractivity contribution is -0.120. The lowest BCUT2D eigenvalue weighted by Crippen LogP contribution is -2.50. The Bertz CT molecular complexity index is 3250. The summed E-state index contributed by atoms with van der Waals surface area (Å²) in [6.07, 6.45) is 4.11. The number of hydrogen-bond donors (Lipinski definition) is 7. The molecule has 5 heterocycles. The number of allylic oxidation sites excluding steroid dienone is 1. The molecule has 4 atom stereocenters. The first kappa shape index (κ1) is 52.9. The van der Waals surface area contributed by atoms with Gasteiger partial charge in [0.1, 0.15) is 35.4 Å². The molecule has 1 saturated heterocycles. The van der Waals surface area contributed by atoms with Crippen molar-refractivity contribution in [2.45, 2.75) is 90.6 Å². The third-order valence-corrected chi connectivity index (χ3v) is 16.2. The number of amides is 1. The highest BCUT2D eigenvalue weighted by atomic mass is 32.2. The van der Waals surface area contributed by atoms with E-state index in [1.807, 2.05) is 36.6 Å². The van der Waals surface area contributed by atoms with Crippen LogP contribution in [0.5, 0.6) is 11.5 Å². The van der Waals surface area contributed by atoms with E-state index in [-0.39, 0.29) is 48.6 Å². The maximum Gasteiger partial charge on any atom is 0.490 e. The van der Waals surface area contributed by atoms with Crippen molar-refractivity contribution < 1.29 is 73.7 Å². The van der Waals surface area contributed by atoms with Crippen molar-refractivity contribution in [2.75, 3.05) is 42.6 Å². The molecule has 4 aliphatic heterocycles. The second-order valence-corrected chi connectivity index (χ2v) is 23.8. The Balaban J connectivity index is 1.01. The molecule has 3 aromatic rings. The minimum atomic E-state index is -5.72. The minimum absolute atomic E-state index is 0.0788. The summed E-state index contributed by atoms with van der Waals surface area (Å²) in [7, 11) is -21.1. The van der Waals surface area contributed by atoms with Crippen LogP contribution in [-0.2, 0) is 46.5 Å². The van der Waals surface area contributed by atoms with Crippen molar-refractivity contribution in [3.8, 4) is 23.3 Å². The summed E-state index contributed by atoms with van der Waals surface area (Å²) < 4.78 is 96.5. The van der Waals surface area contributed by atoms with Gasteiger partial charge in [0.2, 0.25) is 11.3 Å². The van der Waals surface area contributed by atoms with Crippen molar-refractivity contribution in [1.29, 1.82) is 0 Å². The fourth-order valence-corrected chi connectivity index (χ4v) is 12.6. The number of nitrogens with two attached hydrogens (primary N) is 1. The van der Waals surface area contributed by atoms with Gasteiger partial charge in [-0.1, -0.05) is 17.9 Å². The van der Waals surface area contributed by atoms with Gasteiger partial charge in [-0.15, -0.1) is 0 Å². The van der Waals surface area contributed by atoms with Gasteiger partial charge >= 0.3 is 29.2 Å². The number of likely N-dealkylation sites (N-methyl/N-ethyl adjacent to an activating group) is 1. The molecule has 70 heavy (non-hydrogen) atoms. The molecule has 1 fully saturated rings. The van der Waals surface area contributed by atoms with Crippen LogP contribution in [0.3, 0.4) is 0 Å². The quantitative estimate of drug-likeness (QED) is 0.0366. The van der Waals surface area contributed by atoms with Crippen molar-refractivity contribution in [3.63, 3.8) is 0 Å². The molecule has 1 aromatic heterocycles. The number of phosphoric acid groups is 3. The molecule has 2 unspecified atom stereocenters. The van der Waals surface area contributed by atoms with E-state index in [4.69, 9.17) is 30.0 Å². The summed E-state index contributed by atoms with van der Waals surface area (Å²) in [5.41, 5.74) is 8.99. The molecule has 24 nitrogen and oxygen atoms in total. The zero-order valence-corrected chi connectivity index (χ0v) is 42.3. The number of ether oxygens (including phenoxy) is 2. The third-order valence-electron chi connectivity index (χ3n) is 11.7. The summed E-state index contributed by atoms with van der Waals surface area (Å²) >= 11 is 0. The molecule has 0 spiro atoms. The fourth-order valence-electron chi connectivity index (χ4n) is 8.96. The number of carbonyl (C=O) groups is 1. The lowest BCUT2D eigenvalue weighted by atomic mass is 9.88. The van der Waals surface area contributed by atoms with E-state index in [2.05, 4.69) is 74.0 Å². The van der Waals surface area contributed by atoms with Crippen molar-refractivity contribution >= 4 is 67.8 Å². The lowest BCUT2D eigenvalue weighted by Gasteiger charge is -2.43. The molecule has 0 bridgehead atoms. The molecule has 0 saturated carbocycles. The molecule has 0 aliphatic carbocycles. The molecule has 7 rings (SSSR count). The number of hydrogen-bond acceptors (Lipinski definition) is 16. The SMILES string of the molecule is CCN1c2cc3c(cc2C(C)=CC1(C)C)N=c1cc2c(cc1O3)=[N+](CCCC(=O)NCC#Cc1cn([C@H]3CC[C@@H](COP(=O)(O)OP(=O)(O)OP(=O)(O)O)O3)c(=O)nc1N)C(C)(C)C=C2CS(=O)(=O)O. The second kappa shape index (κ2) is 19.6. The number of benzene rings is 2. The molecule has 2 aromatic carbocycles. The normalized spacial score (nSPS) is 20.6. The number of carbonyl (C=O) groups excluding carboxylic acids is 1. The summed E-state index contributed by atoms with van der Waals surface area (Å²) in [6.45, 7) is 12.6. The molecule has 8 N–H and O–H groups in total. The number of phosphoric ester groups is 1. The molecule has 0 radical (unpaired) electrons. The molecule has 4 aliphatic rings. The number of rotatable bonds is 16. The topological polar surface area (TPSA) is 341 Å². The smallest absolute Gasteiger partial charge is 0.452 e. The Labute approximate surface area is 401 Å². The van der Waals surface area contributed by atoms with Gasteiger partial charge < -0.3 is 45.0 Å². The van der Waals surface area contributed by atoms with Crippen LogP contribution in [0, 0.1) is 11.8 Å². The van der Waals surface area contributed by atoms with Gasteiger partial charge in [0.05, 0.1) is 42.0 Å². The third kappa shape index (κ3) is 12.4. The van der Waals surface area contributed by atoms with Gasteiger partial charge in [-0.2, -0.15) is 22.0 Å². The van der Waals surface area contributed by atoms with Crippen LogP contribution in [0.1, 0.15) is 90.1 Å². The fraction of sp³-hybridized carbons (Fsp3) is 0.452. The second-order valence-electron chi connectivity index (χ2n) is 17.9. The zero-order chi connectivity index (χ0) is 51.4. The number of nitrogens with zero attached hydrogens (tertiary/aromatic N) is 5. The summed E-state index contributed by atoms with van der Waals surface area (Å²) in [5, 5.41) is 3.85. The van der Waals surface area contributed by atoms with Crippen LogP contribution in [0.4, 0.5) is 17.2 Å². The van der Waals surface area contributed by atoms with Gasteiger partial charge in [-0.05, 0) is 69.9 Å². The van der Waals surface area contributed by atoms with E-state index in [1.54, 1.807) is 12.1 Å². The van der Waals surface area contributed by atoms with E-state index < -0.39 is 69.5 Å². The van der Waals surface area contributed by atoms with E-state index >= 15 is 0 Å². The first-order valence-electron chi connectivity index (χ1n) is 21.7. The van der Waals surface area contributed by atoms with Gasteiger partial charge in [0.25, 0.3) is 10.1 Å². The zero-order valence-electron chi connectivity index (χ0n) is 38.8. The maximum absolute atomic E-state index is 13.1. The molecular weight excluding hydrogens is 999 g/mol. The molecule has 378 valence electrons. The Kier molecular flexibility index (Phi) is 14.8.